The second-order valence-corrected chi connectivity index (χ2v) is 9.32. The van der Waals surface area contributed by atoms with Crippen LogP contribution in [-0.2, 0) is 28.2 Å². The molecule has 11 nitrogen and oxygen atoms in total. The maximum atomic E-state index is 13.4. The van der Waals surface area contributed by atoms with Gasteiger partial charge in [-0.05, 0) is 39.0 Å². The number of ether oxygens (including phenoxy) is 2. The van der Waals surface area contributed by atoms with Crippen LogP contribution < -0.4 is 14.9 Å². The lowest BCUT2D eigenvalue weighted by Gasteiger charge is -2.35. The molecule has 33 heavy (non-hydrogen) atoms. The van der Waals surface area contributed by atoms with Gasteiger partial charge in [-0.1, -0.05) is 23.8 Å². The second-order valence-electron chi connectivity index (χ2n) is 7.63. The van der Waals surface area contributed by atoms with Crippen molar-refractivity contribution >= 4 is 19.6 Å². The molecular formula is C21H28N3O8P. The molecule has 0 saturated heterocycles. The molecule has 0 aliphatic carbocycles. The van der Waals surface area contributed by atoms with E-state index in [1.165, 1.54) is 25.1 Å². The zero-order chi connectivity index (χ0) is 24.2. The Labute approximate surface area is 191 Å². The average Bonchev–Trinajstić information content (AvgIpc) is 3.25. The molecule has 0 bridgehead atoms. The molecular weight excluding hydrogens is 453 g/mol. The van der Waals surface area contributed by atoms with Gasteiger partial charge in [0.05, 0.1) is 13.7 Å². The van der Waals surface area contributed by atoms with Gasteiger partial charge in [-0.25, -0.2) is 4.57 Å². The zero-order valence-electron chi connectivity index (χ0n) is 18.8. The van der Waals surface area contributed by atoms with Crippen LogP contribution in [-0.4, -0.2) is 60.3 Å². The Balaban J connectivity index is 1.66. The summed E-state index contributed by atoms with van der Waals surface area (Å²) in [4.78, 5) is 24.9. The van der Waals surface area contributed by atoms with Gasteiger partial charge in [-0.2, -0.15) is 5.09 Å². The molecule has 3 rings (SSSR count). The van der Waals surface area contributed by atoms with Gasteiger partial charge in [0.25, 0.3) is 5.91 Å². The van der Waals surface area contributed by atoms with E-state index < -0.39 is 38.4 Å². The molecule has 2 aliphatic rings. The molecule has 5 atom stereocenters. The molecule has 2 heterocycles. The quantitative estimate of drug-likeness (QED) is 0.271. The molecule has 5 unspecified atom stereocenters. The van der Waals surface area contributed by atoms with Gasteiger partial charge in [-0.15, -0.1) is 0 Å². The van der Waals surface area contributed by atoms with Crippen LogP contribution in [0.3, 0.4) is 0 Å². The fourth-order valence-corrected chi connectivity index (χ4v) is 4.59. The number of aliphatic hydroxyl groups excluding tert-OH is 1. The van der Waals surface area contributed by atoms with E-state index in [9.17, 15) is 19.3 Å². The van der Waals surface area contributed by atoms with Gasteiger partial charge in [0.2, 0.25) is 6.35 Å². The number of methoxy groups -OCH3 is 1. The van der Waals surface area contributed by atoms with Gasteiger partial charge in [0, 0.05) is 11.8 Å². The predicted octanol–water partition coefficient (Wildman–Crippen LogP) is 1.54. The van der Waals surface area contributed by atoms with Crippen LogP contribution >= 0.6 is 7.75 Å². The monoisotopic (exact) mass is 481 g/mol. The summed E-state index contributed by atoms with van der Waals surface area (Å²) in [7, 11) is -2.79. The number of nitrogens with one attached hydrogen (secondary N) is 2. The van der Waals surface area contributed by atoms with Crippen LogP contribution in [0.25, 0.3) is 0 Å². The van der Waals surface area contributed by atoms with Crippen molar-refractivity contribution in [2.24, 2.45) is 0 Å². The molecule has 1 aromatic rings. The SMILES string of the molecule is COC(=O)C(C)NP(=O)(OCC1C=CC(N2C=C(C)C(=O)NC2O)O1)Oc1ccc(C)cc1. The van der Waals surface area contributed by atoms with E-state index in [0.717, 1.165) is 5.56 Å². The van der Waals surface area contributed by atoms with Crippen molar-refractivity contribution < 1.29 is 37.8 Å². The molecule has 1 aromatic carbocycles. The fraction of sp³-hybridized carbons (Fsp3) is 0.429. The van der Waals surface area contributed by atoms with Gasteiger partial charge in [-0.3, -0.25) is 14.1 Å². The third kappa shape index (κ3) is 6.43. The highest BCUT2D eigenvalue weighted by Gasteiger charge is 2.36. The minimum absolute atomic E-state index is 0.171. The average molecular weight is 481 g/mol. The van der Waals surface area contributed by atoms with Crippen LogP contribution in [0, 0.1) is 6.92 Å². The number of amides is 1. The highest BCUT2D eigenvalue weighted by atomic mass is 31.2. The third-order valence-corrected chi connectivity index (χ3v) is 6.55. The summed E-state index contributed by atoms with van der Waals surface area (Å²) in [5.74, 6) is -0.714. The Bertz CT molecular complexity index is 980. The molecule has 0 spiro atoms. The number of hydrogen-bond donors (Lipinski definition) is 3. The first-order valence-corrected chi connectivity index (χ1v) is 11.8. The first kappa shape index (κ1) is 24.9. The van der Waals surface area contributed by atoms with E-state index in [-0.39, 0.29) is 12.5 Å². The zero-order valence-corrected chi connectivity index (χ0v) is 19.7. The number of benzene rings is 1. The minimum atomic E-state index is -4.01. The van der Waals surface area contributed by atoms with E-state index >= 15 is 0 Å². The smallest absolute Gasteiger partial charge is 0.459 e. The largest absolute Gasteiger partial charge is 0.468 e. The molecule has 1 amide bonds. The van der Waals surface area contributed by atoms with Crippen molar-refractivity contribution in [2.45, 2.75) is 45.5 Å². The molecule has 3 N–H and O–H groups in total. The molecule has 0 radical (unpaired) electrons. The van der Waals surface area contributed by atoms with Crippen LogP contribution in [0.15, 0.2) is 48.2 Å². The van der Waals surface area contributed by atoms with E-state index in [1.54, 1.807) is 43.3 Å². The van der Waals surface area contributed by atoms with E-state index in [1.807, 2.05) is 6.92 Å². The Morgan fingerprint density at radius 3 is 2.67 bits per heavy atom. The van der Waals surface area contributed by atoms with Crippen molar-refractivity contribution in [3.8, 4) is 5.75 Å². The van der Waals surface area contributed by atoms with Crippen LogP contribution in [0.1, 0.15) is 19.4 Å². The first-order chi connectivity index (χ1) is 15.6. The Hall–Kier alpha value is -2.69. The van der Waals surface area contributed by atoms with Crippen molar-refractivity contribution in [3.63, 3.8) is 0 Å². The number of aryl methyl sites for hydroxylation is 1. The van der Waals surface area contributed by atoms with Crippen LogP contribution in [0.5, 0.6) is 5.75 Å². The van der Waals surface area contributed by atoms with E-state index in [0.29, 0.717) is 11.3 Å². The lowest BCUT2D eigenvalue weighted by molar-refractivity contribution is -0.142. The summed E-state index contributed by atoms with van der Waals surface area (Å²) in [6, 6.07) is 5.89. The van der Waals surface area contributed by atoms with E-state index in [4.69, 9.17) is 13.8 Å². The molecule has 0 fully saturated rings. The number of aliphatic hydroxyl groups is 1. The van der Waals surface area contributed by atoms with Gasteiger partial charge in [0.1, 0.15) is 17.9 Å². The maximum absolute atomic E-state index is 13.4. The second kappa shape index (κ2) is 10.5. The molecule has 180 valence electrons. The molecule has 0 aromatic heterocycles. The van der Waals surface area contributed by atoms with Crippen LogP contribution in [0.2, 0.25) is 0 Å². The van der Waals surface area contributed by atoms with Gasteiger partial charge < -0.3 is 29.3 Å². The first-order valence-electron chi connectivity index (χ1n) is 10.3. The molecule has 0 saturated carbocycles. The van der Waals surface area contributed by atoms with Crippen molar-refractivity contribution in [2.75, 3.05) is 13.7 Å². The lowest BCUT2D eigenvalue weighted by Crippen LogP contribution is -2.53. The highest BCUT2D eigenvalue weighted by molar-refractivity contribution is 7.52. The summed E-state index contributed by atoms with van der Waals surface area (Å²) < 4.78 is 35.1. The van der Waals surface area contributed by atoms with Gasteiger partial charge in [0.15, 0.2) is 6.23 Å². The summed E-state index contributed by atoms with van der Waals surface area (Å²) >= 11 is 0. The normalized spacial score (nSPS) is 25.1. The van der Waals surface area contributed by atoms with Gasteiger partial charge >= 0.3 is 13.7 Å². The third-order valence-electron chi connectivity index (χ3n) is 4.90. The number of carbonyl (C=O) groups excluding carboxylic acids is 2. The summed E-state index contributed by atoms with van der Waals surface area (Å²) in [5, 5.41) is 15.1. The van der Waals surface area contributed by atoms with E-state index in [2.05, 4.69) is 15.1 Å². The van der Waals surface area contributed by atoms with Crippen LogP contribution in [0.4, 0.5) is 0 Å². The van der Waals surface area contributed by atoms with Crippen molar-refractivity contribution in [3.05, 3.63) is 53.8 Å². The standard InChI is InChI=1S/C21H28N3O8P/c1-13-5-7-16(8-6-13)32-33(28,23-15(3)20(26)29-4)30-12-17-9-10-18(31-17)24-11-14(2)19(25)22-21(24)27/h5-11,15,17-18,21,27H,12H2,1-4H3,(H,22,25)(H,23,28). The highest BCUT2D eigenvalue weighted by Crippen LogP contribution is 2.45. The number of esters is 1. The van der Waals surface area contributed by atoms with Crippen molar-refractivity contribution in [1.29, 1.82) is 0 Å². The summed E-state index contributed by atoms with van der Waals surface area (Å²) in [6.07, 6.45) is 2.29. The number of rotatable bonds is 9. The number of hydrogen-bond acceptors (Lipinski definition) is 9. The Kier molecular flexibility index (Phi) is 7.93. The lowest BCUT2D eigenvalue weighted by atomic mass is 10.2. The maximum Gasteiger partial charge on any atom is 0.459 e. The number of carbonyl (C=O) groups is 2. The summed E-state index contributed by atoms with van der Waals surface area (Å²) in [5.41, 5.74) is 1.40. The number of nitrogens with zero attached hydrogens (tertiary/aromatic N) is 1. The fourth-order valence-electron chi connectivity index (χ4n) is 3.09. The summed E-state index contributed by atoms with van der Waals surface area (Å²) in [6.45, 7) is 4.82. The predicted molar refractivity (Wildman–Crippen MR) is 118 cm³/mol. The Morgan fingerprint density at radius 1 is 1.30 bits per heavy atom. The molecule has 2 aliphatic heterocycles. The topological polar surface area (TPSA) is 136 Å². The molecule has 12 heteroatoms. The Morgan fingerprint density at radius 2 is 2.00 bits per heavy atom. The minimum Gasteiger partial charge on any atom is -0.468 e. The van der Waals surface area contributed by atoms with Crippen molar-refractivity contribution in [1.82, 2.24) is 15.3 Å².